The molecule has 2 unspecified atom stereocenters. The molecule has 0 saturated carbocycles. The fourth-order valence-corrected chi connectivity index (χ4v) is 2.24. The van der Waals surface area contributed by atoms with Gasteiger partial charge in [-0.25, -0.2) is 0 Å². The van der Waals surface area contributed by atoms with Crippen LogP contribution in [0.3, 0.4) is 0 Å². The van der Waals surface area contributed by atoms with E-state index in [0.717, 1.165) is 31.7 Å². The molecule has 1 aliphatic heterocycles. The van der Waals surface area contributed by atoms with E-state index in [1.165, 1.54) is 0 Å². The zero-order valence-electron chi connectivity index (χ0n) is 9.43. The molecule has 3 nitrogen and oxygen atoms in total. The van der Waals surface area contributed by atoms with Gasteiger partial charge >= 0.3 is 0 Å². The quantitative estimate of drug-likeness (QED) is 0.877. The third-order valence-corrected chi connectivity index (χ3v) is 3.39. The van der Waals surface area contributed by atoms with E-state index in [1.807, 2.05) is 19.1 Å². The van der Waals surface area contributed by atoms with Gasteiger partial charge in [-0.15, -0.1) is 0 Å². The second-order valence-corrected chi connectivity index (χ2v) is 4.93. The van der Waals surface area contributed by atoms with Crippen LogP contribution in [-0.4, -0.2) is 34.2 Å². The predicted octanol–water partition coefficient (Wildman–Crippen LogP) is 1.94. The summed E-state index contributed by atoms with van der Waals surface area (Å²) in [7, 11) is 0. The number of aromatic nitrogens is 1. The molecule has 0 radical (unpaired) electrons. The van der Waals surface area contributed by atoms with Crippen molar-refractivity contribution in [2.75, 3.05) is 13.1 Å². The topological polar surface area (TPSA) is 36.4 Å². The molecule has 88 valence electrons. The minimum atomic E-state index is -0.205. The molecule has 1 aromatic rings. The molecule has 0 spiro atoms. The van der Waals surface area contributed by atoms with Crippen molar-refractivity contribution in [3.63, 3.8) is 0 Å². The number of pyridine rings is 1. The summed E-state index contributed by atoms with van der Waals surface area (Å²) < 4.78 is 0. The normalized spacial score (nSPS) is 23.6. The van der Waals surface area contributed by atoms with Gasteiger partial charge in [0.1, 0.15) is 0 Å². The van der Waals surface area contributed by atoms with Crippen molar-refractivity contribution in [1.29, 1.82) is 0 Å². The Bertz CT molecular complexity index is 339. The van der Waals surface area contributed by atoms with Crippen LogP contribution in [0.25, 0.3) is 0 Å². The van der Waals surface area contributed by atoms with Crippen LogP contribution < -0.4 is 0 Å². The summed E-state index contributed by atoms with van der Waals surface area (Å²) in [5, 5.41) is 10.2. The summed E-state index contributed by atoms with van der Waals surface area (Å²) in [5.41, 5.74) is 1.04. The van der Waals surface area contributed by atoms with E-state index in [9.17, 15) is 5.11 Å². The van der Waals surface area contributed by atoms with Gasteiger partial charge in [0.2, 0.25) is 0 Å². The van der Waals surface area contributed by atoms with Crippen molar-refractivity contribution in [3.05, 3.63) is 29.0 Å². The lowest BCUT2D eigenvalue weighted by molar-refractivity contribution is 0.127. The first-order chi connectivity index (χ1) is 7.65. The standard InChI is InChI=1S/C12H17ClN2O/c1-9(16)10-4-5-15(7-10)8-12-3-2-11(13)6-14-12/h2-3,6,9-10,16H,4-5,7-8H2,1H3. The highest BCUT2D eigenvalue weighted by atomic mass is 35.5. The van der Waals surface area contributed by atoms with Crippen molar-refractivity contribution < 1.29 is 5.11 Å². The van der Waals surface area contributed by atoms with E-state index >= 15 is 0 Å². The molecule has 4 heteroatoms. The van der Waals surface area contributed by atoms with Crippen molar-refractivity contribution in [2.24, 2.45) is 5.92 Å². The average molecular weight is 241 g/mol. The summed E-state index contributed by atoms with van der Waals surface area (Å²) in [6.07, 6.45) is 2.55. The van der Waals surface area contributed by atoms with E-state index < -0.39 is 0 Å². The Hall–Kier alpha value is -0.640. The number of nitrogens with zero attached hydrogens (tertiary/aromatic N) is 2. The fraction of sp³-hybridized carbons (Fsp3) is 0.583. The van der Waals surface area contributed by atoms with Crippen molar-refractivity contribution >= 4 is 11.6 Å². The molecule has 1 saturated heterocycles. The van der Waals surface area contributed by atoms with Crippen LogP contribution in [0.4, 0.5) is 0 Å². The molecule has 0 amide bonds. The minimum absolute atomic E-state index is 0.205. The monoisotopic (exact) mass is 240 g/mol. The maximum atomic E-state index is 9.51. The van der Waals surface area contributed by atoms with Crippen LogP contribution in [0.1, 0.15) is 19.0 Å². The maximum absolute atomic E-state index is 9.51. The highest BCUT2D eigenvalue weighted by Gasteiger charge is 2.25. The van der Waals surface area contributed by atoms with Crippen LogP contribution >= 0.6 is 11.6 Å². The van der Waals surface area contributed by atoms with Gasteiger partial charge in [0, 0.05) is 19.3 Å². The van der Waals surface area contributed by atoms with Gasteiger partial charge in [0.05, 0.1) is 16.8 Å². The molecule has 16 heavy (non-hydrogen) atoms. The lowest BCUT2D eigenvalue weighted by Gasteiger charge is -2.16. The Labute approximate surface area is 101 Å². The Morgan fingerprint density at radius 2 is 2.44 bits per heavy atom. The summed E-state index contributed by atoms with van der Waals surface area (Å²) in [5.74, 6) is 0.410. The Balaban J connectivity index is 1.89. The molecule has 1 aromatic heterocycles. The highest BCUT2D eigenvalue weighted by Crippen LogP contribution is 2.21. The predicted molar refractivity (Wildman–Crippen MR) is 64.3 cm³/mol. The Morgan fingerprint density at radius 3 is 3.00 bits per heavy atom. The zero-order chi connectivity index (χ0) is 11.5. The van der Waals surface area contributed by atoms with Crippen LogP contribution in [0, 0.1) is 5.92 Å². The molecule has 0 bridgehead atoms. The van der Waals surface area contributed by atoms with E-state index in [-0.39, 0.29) is 6.10 Å². The highest BCUT2D eigenvalue weighted by molar-refractivity contribution is 6.30. The SMILES string of the molecule is CC(O)C1CCN(Cc2ccc(Cl)cn2)C1. The molecule has 0 aliphatic carbocycles. The summed E-state index contributed by atoms with van der Waals surface area (Å²) >= 11 is 5.78. The van der Waals surface area contributed by atoms with Crippen molar-refractivity contribution in [2.45, 2.75) is 26.0 Å². The fourth-order valence-electron chi connectivity index (χ4n) is 2.13. The number of aliphatic hydroxyl groups is 1. The Kier molecular flexibility index (Phi) is 3.79. The van der Waals surface area contributed by atoms with Gasteiger partial charge in [0.25, 0.3) is 0 Å². The second-order valence-electron chi connectivity index (χ2n) is 4.49. The first-order valence-electron chi connectivity index (χ1n) is 5.66. The van der Waals surface area contributed by atoms with Crippen LogP contribution in [0.15, 0.2) is 18.3 Å². The summed E-state index contributed by atoms with van der Waals surface area (Å²) in [4.78, 5) is 6.60. The van der Waals surface area contributed by atoms with Gasteiger partial charge in [0.15, 0.2) is 0 Å². The van der Waals surface area contributed by atoms with Crippen molar-refractivity contribution in [3.8, 4) is 0 Å². The number of likely N-dealkylation sites (tertiary alicyclic amines) is 1. The molecular weight excluding hydrogens is 224 g/mol. The average Bonchev–Trinajstić information content (AvgIpc) is 2.70. The second kappa shape index (κ2) is 5.13. The molecule has 2 atom stereocenters. The number of rotatable bonds is 3. The number of hydrogen-bond acceptors (Lipinski definition) is 3. The van der Waals surface area contributed by atoms with Gasteiger partial charge in [-0.2, -0.15) is 0 Å². The Morgan fingerprint density at radius 1 is 1.62 bits per heavy atom. The molecule has 1 aliphatic rings. The number of halogens is 1. The molecule has 1 N–H and O–H groups in total. The first-order valence-corrected chi connectivity index (χ1v) is 6.04. The summed E-state index contributed by atoms with van der Waals surface area (Å²) in [6.45, 7) is 4.72. The third kappa shape index (κ3) is 2.94. The van der Waals surface area contributed by atoms with Crippen molar-refractivity contribution in [1.82, 2.24) is 9.88 Å². The van der Waals surface area contributed by atoms with Crippen LogP contribution in [0.5, 0.6) is 0 Å². The third-order valence-electron chi connectivity index (χ3n) is 3.17. The zero-order valence-corrected chi connectivity index (χ0v) is 10.2. The number of hydrogen-bond donors (Lipinski definition) is 1. The van der Waals surface area contributed by atoms with Gasteiger partial charge in [-0.05, 0) is 37.9 Å². The smallest absolute Gasteiger partial charge is 0.0589 e. The lowest BCUT2D eigenvalue weighted by atomic mass is 10.0. The van der Waals surface area contributed by atoms with Gasteiger partial charge in [-0.3, -0.25) is 9.88 Å². The molecule has 0 aromatic carbocycles. The van der Waals surface area contributed by atoms with E-state index in [1.54, 1.807) is 6.20 Å². The van der Waals surface area contributed by atoms with Crippen LogP contribution in [-0.2, 0) is 6.54 Å². The maximum Gasteiger partial charge on any atom is 0.0589 e. The van der Waals surface area contributed by atoms with E-state index in [0.29, 0.717) is 10.9 Å². The molecule has 2 rings (SSSR count). The lowest BCUT2D eigenvalue weighted by Crippen LogP contribution is -2.24. The summed E-state index contributed by atoms with van der Waals surface area (Å²) in [6, 6.07) is 3.82. The molecular formula is C12H17ClN2O. The van der Waals surface area contributed by atoms with Crippen LogP contribution in [0.2, 0.25) is 5.02 Å². The number of aliphatic hydroxyl groups excluding tert-OH is 1. The largest absolute Gasteiger partial charge is 0.393 e. The van der Waals surface area contributed by atoms with Gasteiger partial charge < -0.3 is 5.11 Å². The molecule has 2 heterocycles. The first kappa shape index (κ1) is 11.8. The van der Waals surface area contributed by atoms with Gasteiger partial charge in [-0.1, -0.05) is 11.6 Å². The minimum Gasteiger partial charge on any atom is -0.393 e. The van der Waals surface area contributed by atoms with E-state index in [4.69, 9.17) is 11.6 Å². The molecule has 1 fully saturated rings. The van der Waals surface area contributed by atoms with E-state index in [2.05, 4.69) is 9.88 Å².